The average Bonchev–Trinajstić information content (AvgIpc) is 2.36. The molecule has 1 atom stereocenters. The van der Waals surface area contributed by atoms with Crippen LogP contribution in [0.15, 0.2) is 47.4 Å². The van der Waals surface area contributed by atoms with E-state index in [0.29, 0.717) is 5.92 Å². The molecule has 3 nitrogen and oxygen atoms in total. The van der Waals surface area contributed by atoms with E-state index in [0.717, 1.165) is 33.9 Å². The summed E-state index contributed by atoms with van der Waals surface area (Å²) in [4.78, 5) is -0.0581. The number of hydrogen-bond donors (Lipinski definition) is 1. The van der Waals surface area contributed by atoms with Crippen LogP contribution >= 0.6 is 0 Å². The molecule has 2 aromatic carbocycles. The van der Waals surface area contributed by atoms with E-state index in [2.05, 4.69) is 19.6 Å². The van der Waals surface area contributed by atoms with Crippen LogP contribution in [0.25, 0.3) is 10.8 Å². The largest absolute Gasteiger partial charge is 0.294 e. The maximum atomic E-state index is 11.3. The SMILES string of the molecule is C=C(C)C[C@H](C)c1ccc2c(C)cc(S(=O)(=O)O)cc2c1. The van der Waals surface area contributed by atoms with Crippen molar-refractivity contribution in [1.29, 1.82) is 0 Å². The summed E-state index contributed by atoms with van der Waals surface area (Å²) in [5, 5.41) is 1.82. The fourth-order valence-electron chi connectivity index (χ4n) is 2.64. The first kappa shape index (κ1) is 15.7. The van der Waals surface area contributed by atoms with Gasteiger partial charge in [-0.15, -0.1) is 6.58 Å². The number of benzene rings is 2. The van der Waals surface area contributed by atoms with Crippen molar-refractivity contribution in [3.05, 3.63) is 53.6 Å². The molecule has 0 saturated heterocycles. The van der Waals surface area contributed by atoms with E-state index in [1.807, 2.05) is 26.0 Å². The molecule has 0 aliphatic heterocycles. The van der Waals surface area contributed by atoms with Gasteiger partial charge in [-0.2, -0.15) is 8.42 Å². The number of hydrogen-bond acceptors (Lipinski definition) is 2. The molecule has 0 unspecified atom stereocenters. The molecule has 0 amide bonds. The molecule has 0 fully saturated rings. The van der Waals surface area contributed by atoms with Crippen LogP contribution in [0.3, 0.4) is 0 Å². The number of aryl methyl sites for hydroxylation is 1. The van der Waals surface area contributed by atoms with Crippen LogP contribution in [0.1, 0.15) is 37.3 Å². The molecule has 112 valence electrons. The first-order valence-electron chi connectivity index (χ1n) is 6.84. The Morgan fingerprint density at radius 3 is 2.52 bits per heavy atom. The van der Waals surface area contributed by atoms with E-state index in [4.69, 9.17) is 0 Å². The molecular weight excluding hydrogens is 284 g/mol. The number of fused-ring (bicyclic) bond motifs is 1. The summed E-state index contributed by atoms with van der Waals surface area (Å²) in [5.74, 6) is 0.321. The Hall–Kier alpha value is -1.65. The fourth-order valence-corrected chi connectivity index (χ4v) is 3.24. The van der Waals surface area contributed by atoms with Gasteiger partial charge >= 0.3 is 0 Å². The zero-order valence-corrected chi connectivity index (χ0v) is 13.4. The summed E-state index contributed by atoms with van der Waals surface area (Å²) in [6.45, 7) is 9.89. The minimum absolute atomic E-state index is 0.0581. The van der Waals surface area contributed by atoms with E-state index < -0.39 is 10.1 Å². The molecule has 0 aliphatic carbocycles. The normalized spacial score (nSPS) is 13.3. The summed E-state index contributed by atoms with van der Waals surface area (Å²) in [5.41, 5.74) is 3.09. The van der Waals surface area contributed by atoms with Gasteiger partial charge < -0.3 is 0 Å². The second kappa shape index (κ2) is 5.62. The van der Waals surface area contributed by atoms with Crippen LogP contribution < -0.4 is 0 Å². The molecule has 0 saturated carbocycles. The molecule has 2 rings (SSSR count). The summed E-state index contributed by atoms with van der Waals surface area (Å²) in [6.07, 6.45) is 0.891. The maximum absolute atomic E-state index is 11.3. The van der Waals surface area contributed by atoms with Gasteiger partial charge in [0.05, 0.1) is 4.90 Å². The second-order valence-corrected chi connectivity index (χ2v) is 7.18. The molecule has 0 aromatic heterocycles. The summed E-state index contributed by atoms with van der Waals surface area (Å²) < 4.78 is 31.9. The van der Waals surface area contributed by atoms with Crippen molar-refractivity contribution in [2.75, 3.05) is 0 Å². The second-order valence-electron chi connectivity index (χ2n) is 5.76. The lowest BCUT2D eigenvalue weighted by molar-refractivity contribution is 0.483. The first-order valence-corrected chi connectivity index (χ1v) is 8.28. The molecule has 0 bridgehead atoms. The zero-order valence-electron chi connectivity index (χ0n) is 12.6. The first-order chi connectivity index (χ1) is 9.68. The molecule has 0 radical (unpaired) electrons. The molecule has 2 aromatic rings. The summed E-state index contributed by atoms with van der Waals surface area (Å²) in [7, 11) is -4.18. The molecule has 0 heterocycles. The minimum Gasteiger partial charge on any atom is -0.282 e. The highest BCUT2D eigenvalue weighted by molar-refractivity contribution is 7.85. The maximum Gasteiger partial charge on any atom is 0.294 e. The predicted octanol–water partition coefficient (Wildman–Crippen LogP) is 4.46. The van der Waals surface area contributed by atoms with Crippen molar-refractivity contribution in [2.45, 2.75) is 38.0 Å². The Labute approximate surface area is 126 Å². The van der Waals surface area contributed by atoms with Crippen LogP contribution in [0.4, 0.5) is 0 Å². The highest BCUT2D eigenvalue weighted by Crippen LogP contribution is 2.29. The van der Waals surface area contributed by atoms with Crippen molar-refractivity contribution in [2.24, 2.45) is 0 Å². The topological polar surface area (TPSA) is 54.4 Å². The fraction of sp³-hybridized carbons (Fsp3) is 0.294. The summed E-state index contributed by atoms with van der Waals surface area (Å²) in [6, 6.07) is 9.08. The van der Waals surface area contributed by atoms with Gasteiger partial charge in [-0.1, -0.05) is 30.7 Å². The van der Waals surface area contributed by atoms with Gasteiger partial charge in [0.15, 0.2) is 0 Å². The van der Waals surface area contributed by atoms with Gasteiger partial charge in [0.25, 0.3) is 10.1 Å². The molecule has 21 heavy (non-hydrogen) atoms. The van der Waals surface area contributed by atoms with E-state index in [9.17, 15) is 13.0 Å². The van der Waals surface area contributed by atoms with Gasteiger partial charge in [0, 0.05) is 0 Å². The smallest absolute Gasteiger partial charge is 0.282 e. The quantitative estimate of drug-likeness (QED) is 0.670. The Balaban J connectivity index is 2.58. The Kier molecular flexibility index (Phi) is 4.21. The van der Waals surface area contributed by atoms with Gasteiger partial charge in [-0.05, 0) is 60.2 Å². The van der Waals surface area contributed by atoms with Gasteiger partial charge in [0.2, 0.25) is 0 Å². The van der Waals surface area contributed by atoms with Crippen LogP contribution in [0.5, 0.6) is 0 Å². The highest BCUT2D eigenvalue weighted by Gasteiger charge is 2.13. The zero-order chi connectivity index (χ0) is 15.8. The van der Waals surface area contributed by atoms with Crippen molar-refractivity contribution in [3.8, 4) is 0 Å². The van der Waals surface area contributed by atoms with Crippen molar-refractivity contribution in [3.63, 3.8) is 0 Å². The molecular formula is C17H20O3S. The molecule has 0 aliphatic rings. The average molecular weight is 304 g/mol. The van der Waals surface area contributed by atoms with Crippen molar-refractivity contribution >= 4 is 20.9 Å². The Morgan fingerprint density at radius 2 is 1.95 bits per heavy atom. The third-order valence-electron chi connectivity index (χ3n) is 3.68. The van der Waals surface area contributed by atoms with Crippen molar-refractivity contribution in [1.82, 2.24) is 0 Å². The van der Waals surface area contributed by atoms with Gasteiger partial charge in [-0.3, -0.25) is 4.55 Å². The van der Waals surface area contributed by atoms with Crippen LogP contribution in [0, 0.1) is 6.92 Å². The third-order valence-corrected chi connectivity index (χ3v) is 4.51. The number of allylic oxidation sites excluding steroid dienone is 1. The lowest BCUT2D eigenvalue weighted by Crippen LogP contribution is -1.99. The predicted molar refractivity (Wildman–Crippen MR) is 86.3 cm³/mol. The summed E-state index contributed by atoms with van der Waals surface area (Å²) >= 11 is 0. The van der Waals surface area contributed by atoms with Gasteiger partial charge in [-0.25, -0.2) is 0 Å². The highest BCUT2D eigenvalue weighted by atomic mass is 32.2. The molecule has 1 N–H and O–H groups in total. The molecule has 0 spiro atoms. The number of rotatable bonds is 4. The standard InChI is InChI=1S/C17H20O3S/c1-11(2)7-12(3)14-5-6-17-13(4)8-16(21(18,19)20)10-15(17)9-14/h5-6,8-10,12H,1,7H2,2-4H3,(H,18,19,20)/t12-/m0/s1. The Bertz CT molecular complexity index is 804. The van der Waals surface area contributed by atoms with Crippen LogP contribution in [0.2, 0.25) is 0 Å². The monoisotopic (exact) mass is 304 g/mol. The van der Waals surface area contributed by atoms with Crippen LogP contribution in [-0.4, -0.2) is 13.0 Å². The molecule has 4 heteroatoms. The minimum atomic E-state index is -4.18. The van der Waals surface area contributed by atoms with Crippen LogP contribution in [-0.2, 0) is 10.1 Å². The lowest BCUT2D eigenvalue weighted by atomic mass is 9.92. The van der Waals surface area contributed by atoms with E-state index >= 15 is 0 Å². The van der Waals surface area contributed by atoms with E-state index in [1.54, 1.807) is 0 Å². The lowest BCUT2D eigenvalue weighted by Gasteiger charge is -2.14. The van der Waals surface area contributed by atoms with E-state index in [-0.39, 0.29) is 4.90 Å². The third kappa shape index (κ3) is 3.52. The van der Waals surface area contributed by atoms with E-state index in [1.165, 1.54) is 12.1 Å². The van der Waals surface area contributed by atoms with Gasteiger partial charge in [0.1, 0.15) is 0 Å². The Morgan fingerprint density at radius 1 is 1.29 bits per heavy atom. The van der Waals surface area contributed by atoms with Crippen molar-refractivity contribution < 1.29 is 13.0 Å².